The summed E-state index contributed by atoms with van der Waals surface area (Å²) in [5, 5.41) is 2.69. The van der Waals surface area contributed by atoms with Gasteiger partial charge in [0, 0.05) is 35.9 Å². The van der Waals surface area contributed by atoms with Gasteiger partial charge in [0.2, 0.25) is 0 Å². The summed E-state index contributed by atoms with van der Waals surface area (Å²) in [5.41, 5.74) is 4.94. The number of hydrogen-bond donors (Lipinski definition) is 1. The van der Waals surface area contributed by atoms with Crippen molar-refractivity contribution in [3.63, 3.8) is 0 Å². The van der Waals surface area contributed by atoms with Crippen LogP contribution in [0.1, 0.15) is 22.7 Å². The lowest BCUT2D eigenvalue weighted by Gasteiger charge is -2.29. The van der Waals surface area contributed by atoms with Crippen LogP contribution in [0.2, 0.25) is 0 Å². The molecule has 2 fully saturated rings. The van der Waals surface area contributed by atoms with E-state index in [1.165, 1.54) is 16.9 Å². The molecule has 2 saturated heterocycles. The van der Waals surface area contributed by atoms with E-state index in [-0.39, 0.29) is 17.2 Å². The number of aryl methyl sites for hydroxylation is 1. The van der Waals surface area contributed by atoms with Gasteiger partial charge in [-0.3, -0.25) is 19.8 Å². The first kappa shape index (κ1) is 23.1. The molecule has 0 bridgehead atoms. The van der Waals surface area contributed by atoms with Gasteiger partial charge < -0.3 is 18.6 Å². The van der Waals surface area contributed by atoms with Crippen LogP contribution >= 0.6 is 12.2 Å². The number of nitrogens with zero attached hydrogens (tertiary/aromatic N) is 3. The van der Waals surface area contributed by atoms with E-state index in [9.17, 15) is 9.59 Å². The summed E-state index contributed by atoms with van der Waals surface area (Å²) in [4.78, 5) is 29.5. The number of anilines is 1. The van der Waals surface area contributed by atoms with Crippen LogP contribution in [0.5, 0.6) is 0 Å². The van der Waals surface area contributed by atoms with Crippen molar-refractivity contribution >= 4 is 40.9 Å². The van der Waals surface area contributed by atoms with E-state index < -0.39 is 11.8 Å². The van der Waals surface area contributed by atoms with Crippen molar-refractivity contribution in [2.45, 2.75) is 20.4 Å². The highest BCUT2D eigenvalue weighted by Gasteiger charge is 2.34. The van der Waals surface area contributed by atoms with Crippen LogP contribution in [0.3, 0.4) is 0 Å². The Morgan fingerprint density at radius 1 is 1.06 bits per heavy atom. The van der Waals surface area contributed by atoms with Crippen LogP contribution in [0.15, 0.2) is 58.7 Å². The first-order valence-corrected chi connectivity index (χ1v) is 11.9. The highest BCUT2D eigenvalue weighted by molar-refractivity contribution is 7.80. The van der Waals surface area contributed by atoms with Crippen LogP contribution in [0, 0.1) is 13.8 Å². The predicted octanol–water partition coefficient (Wildman–Crippen LogP) is 3.35. The third-order valence-corrected chi connectivity index (χ3v) is 6.66. The molecule has 9 heteroatoms. The second kappa shape index (κ2) is 9.52. The molecule has 2 aliphatic heterocycles. The van der Waals surface area contributed by atoms with E-state index in [1.807, 2.05) is 19.9 Å². The average Bonchev–Trinajstić information content (AvgIpc) is 3.47. The molecule has 2 amide bonds. The third-order valence-electron chi connectivity index (χ3n) is 6.33. The molecule has 0 aliphatic carbocycles. The minimum atomic E-state index is -0.504. The van der Waals surface area contributed by atoms with E-state index in [1.54, 1.807) is 18.2 Å². The van der Waals surface area contributed by atoms with Crippen molar-refractivity contribution in [1.29, 1.82) is 0 Å². The van der Waals surface area contributed by atoms with E-state index in [2.05, 4.69) is 39.0 Å². The minimum Gasteiger partial charge on any atom is -0.467 e. The second-order valence-corrected chi connectivity index (χ2v) is 8.95. The molecule has 0 radical (unpaired) electrons. The number of carbonyl (C=O) groups excluding carboxylic acids is 2. The number of benzene rings is 1. The third kappa shape index (κ3) is 4.52. The van der Waals surface area contributed by atoms with Crippen LogP contribution < -0.4 is 10.2 Å². The molecular weight excluding hydrogens is 464 g/mol. The number of morpholine rings is 1. The fourth-order valence-corrected chi connectivity index (χ4v) is 4.76. The smallest absolute Gasteiger partial charge is 0.266 e. The molecule has 1 N–H and O–H groups in total. The number of rotatable bonds is 5. The Labute approximate surface area is 208 Å². The maximum Gasteiger partial charge on any atom is 0.266 e. The summed E-state index contributed by atoms with van der Waals surface area (Å²) in [7, 11) is 0. The maximum atomic E-state index is 13.2. The van der Waals surface area contributed by atoms with Crippen LogP contribution in [-0.2, 0) is 20.9 Å². The highest BCUT2D eigenvalue weighted by Crippen LogP contribution is 2.26. The molecule has 2 aromatic heterocycles. The zero-order valence-corrected chi connectivity index (χ0v) is 20.4. The number of furan rings is 1. The highest BCUT2D eigenvalue weighted by atomic mass is 32.1. The van der Waals surface area contributed by atoms with E-state index >= 15 is 0 Å². The predicted molar refractivity (Wildman–Crippen MR) is 136 cm³/mol. The topological polar surface area (TPSA) is 80.0 Å². The Kier molecular flexibility index (Phi) is 6.27. The molecule has 0 unspecified atom stereocenters. The standard InChI is InChI=1S/C26H26N4O4S/c1-17-14-19(15-23-24(31)27-26(35)29(25(23)32)16-22-4-3-11-34-22)18(2)30(17)21-7-5-20(6-8-21)28-9-12-33-13-10-28/h3-8,11,14-15H,9-10,12-13,16H2,1-2H3,(H,27,31,35). The fraction of sp³-hybridized carbons (Fsp3) is 0.269. The fourth-order valence-electron chi connectivity index (χ4n) is 4.52. The molecular formula is C26H26N4O4S. The van der Waals surface area contributed by atoms with Gasteiger partial charge in [0.1, 0.15) is 11.3 Å². The first-order valence-electron chi connectivity index (χ1n) is 11.5. The van der Waals surface area contributed by atoms with Crippen molar-refractivity contribution in [2.75, 3.05) is 31.2 Å². The lowest BCUT2D eigenvalue weighted by Crippen LogP contribution is -2.53. The van der Waals surface area contributed by atoms with Gasteiger partial charge in [0.05, 0.1) is 26.0 Å². The molecule has 0 saturated carbocycles. The Morgan fingerprint density at radius 3 is 2.46 bits per heavy atom. The Hall–Kier alpha value is -3.69. The zero-order chi connectivity index (χ0) is 24.5. The summed E-state index contributed by atoms with van der Waals surface area (Å²) < 4.78 is 12.9. The summed E-state index contributed by atoms with van der Waals surface area (Å²) in [6.07, 6.45) is 3.17. The van der Waals surface area contributed by atoms with Gasteiger partial charge in [-0.1, -0.05) is 0 Å². The van der Waals surface area contributed by atoms with Crippen molar-refractivity contribution in [1.82, 2.24) is 14.8 Å². The summed E-state index contributed by atoms with van der Waals surface area (Å²) >= 11 is 5.23. The monoisotopic (exact) mass is 490 g/mol. The molecule has 35 heavy (non-hydrogen) atoms. The van der Waals surface area contributed by atoms with Gasteiger partial charge in [0.15, 0.2) is 5.11 Å². The van der Waals surface area contributed by atoms with Crippen LogP contribution in [0.4, 0.5) is 5.69 Å². The van der Waals surface area contributed by atoms with Crippen LogP contribution in [0.25, 0.3) is 11.8 Å². The Bertz CT molecular complexity index is 1300. The Balaban J connectivity index is 1.43. The summed E-state index contributed by atoms with van der Waals surface area (Å²) in [6, 6.07) is 13.9. The van der Waals surface area contributed by atoms with Gasteiger partial charge in [-0.05, 0) is 80.2 Å². The lowest BCUT2D eigenvalue weighted by molar-refractivity contribution is -0.129. The second-order valence-electron chi connectivity index (χ2n) is 8.57. The van der Waals surface area contributed by atoms with Crippen molar-refractivity contribution < 1.29 is 18.7 Å². The van der Waals surface area contributed by atoms with Crippen LogP contribution in [-0.4, -0.2) is 52.7 Å². The van der Waals surface area contributed by atoms with Crippen molar-refractivity contribution in [2.24, 2.45) is 0 Å². The molecule has 4 heterocycles. The maximum absolute atomic E-state index is 13.2. The number of thiocarbonyl (C=S) groups is 1. The number of nitrogens with one attached hydrogen (secondary N) is 1. The molecule has 3 aromatic rings. The SMILES string of the molecule is Cc1cc(C=C2C(=O)NC(=S)N(Cc3ccco3)C2=O)c(C)n1-c1ccc(N2CCOCC2)cc1. The van der Waals surface area contributed by atoms with Gasteiger partial charge in [-0.15, -0.1) is 0 Å². The van der Waals surface area contributed by atoms with Crippen molar-refractivity contribution in [3.05, 3.63) is 77.0 Å². The molecule has 5 rings (SSSR count). The van der Waals surface area contributed by atoms with E-state index in [4.69, 9.17) is 21.4 Å². The molecule has 2 aliphatic rings. The molecule has 0 atom stereocenters. The summed E-state index contributed by atoms with van der Waals surface area (Å²) in [6.45, 7) is 7.38. The number of ether oxygens (including phenoxy) is 1. The van der Waals surface area contributed by atoms with Gasteiger partial charge in [0.25, 0.3) is 11.8 Å². The van der Waals surface area contributed by atoms with E-state index in [0.29, 0.717) is 5.76 Å². The minimum absolute atomic E-state index is 0.0353. The van der Waals surface area contributed by atoms with Gasteiger partial charge >= 0.3 is 0 Å². The molecule has 8 nitrogen and oxygen atoms in total. The number of carbonyl (C=O) groups is 2. The average molecular weight is 491 g/mol. The normalized spacial score (nSPS) is 17.9. The van der Waals surface area contributed by atoms with E-state index in [0.717, 1.165) is 48.9 Å². The first-order chi connectivity index (χ1) is 16.9. The lowest BCUT2D eigenvalue weighted by atomic mass is 10.1. The molecule has 1 aromatic carbocycles. The Morgan fingerprint density at radius 2 is 1.77 bits per heavy atom. The zero-order valence-electron chi connectivity index (χ0n) is 19.6. The molecule has 180 valence electrons. The quantitative estimate of drug-likeness (QED) is 0.336. The number of aromatic nitrogens is 1. The van der Waals surface area contributed by atoms with Gasteiger partial charge in [-0.2, -0.15) is 0 Å². The summed E-state index contributed by atoms with van der Waals surface area (Å²) in [5.74, 6) is -0.375. The largest absolute Gasteiger partial charge is 0.467 e. The number of amides is 2. The van der Waals surface area contributed by atoms with Crippen molar-refractivity contribution in [3.8, 4) is 5.69 Å². The number of hydrogen-bond acceptors (Lipinski definition) is 6. The molecule has 0 spiro atoms. The van der Waals surface area contributed by atoms with Gasteiger partial charge in [-0.25, -0.2) is 0 Å².